The fourth-order valence-corrected chi connectivity index (χ4v) is 2.35. The van der Waals surface area contributed by atoms with Gasteiger partial charge in [-0.1, -0.05) is 55.2 Å². The first-order valence-corrected chi connectivity index (χ1v) is 9.35. The van der Waals surface area contributed by atoms with Crippen molar-refractivity contribution in [3.05, 3.63) is 100 Å². The van der Waals surface area contributed by atoms with Gasteiger partial charge in [-0.25, -0.2) is 8.78 Å². The number of thiol groups is 1. The van der Waals surface area contributed by atoms with E-state index in [2.05, 4.69) is 36.3 Å². The van der Waals surface area contributed by atoms with Crippen LogP contribution in [0.1, 0.15) is 41.7 Å². The number of rotatable bonds is 0. The summed E-state index contributed by atoms with van der Waals surface area (Å²) in [6.45, 7) is 5.97. The van der Waals surface area contributed by atoms with E-state index in [1.54, 1.807) is 24.3 Å². The van der Waals surface area contributed by atoms with Crippen LogP contribution in [0.15, 0.2) is 65.6 Å². The van der Waals surface area contributed by atoms with Gasteiger partial charge in [0.15, 0.2) is 0 Å². The van der Waals surface area contributed by atoms with Crippen molar-refractivity contribution in [2.45, 2.75) is 25.7 Å². The summed E-state index contributed by atoms with van der Waals surface area (Å²) in [6.07, 6.45) is 0. The van der Waals surface area contributed by atoms with Crippen molar-refractivity contribution in [1.29, 1.82) is 0 Å². The summed E-state index contributed by atoms with van der Waals surface area (Å²) in [4.78, 5) is 0.810. The Morgan fingerprint density at radius 3 is 1.46 bits per heavy atom. The Balaban J connectivity index is 0.00000136. The number of hydrogen-bond donors (Lipinski definition) is 1. The monoisotopic (exact) mass is 390 g/mol. The standard InChI is InChI=1S/C23H14F2S.C2H6/c1-16-2-4-17(5-3-16)6-10-19-14-23(25)20(15-22(19)24)11-7-18-8-12-21(26)13-9-18;1-2/h2-5,8-9,12-15,26H,1H3;1-2H3. The van der Waals surface area contributed by atoms with Crippen LogP contribution in [0.2, 0.25) is 0 Å². The average Bonchev–Trinajstić information content (AvgIpc) is 2.71. The second-order valence-corrected chi connectivity index (χ2v) is 6.24. The first kappa shape index (κ1) is 21.3. The molecule has 0 unspecified atom stereocenters. The zero-order valence-corrected chi connectivity index (χ0v) is 16.9. The molecule has 0 saturated heterocycles. The first-order valence-electron chi connectivity index (χ1n) is 8.90. The highest BCUT2D eigenvalue weighted by molar-refractivity contribution is 7.80. The van der Waals surface area contributed by atoms with E-state index < -0.39 is 11.6 Å². The molecule has 0 fully saturated rings. The van der Waals surface area contributed by atoms with E-state index in [1.165, 1.54) is 0 Å². The van der Waals surface area contributed by atoms with Crippen molar-refractivity contribution < 1.29 is 8.78 Å². The lowest BCUT2D eigenvalue weighted by Crippen LogP contribution is -1.92. The van der Waals surface area contributed by atoms with Gasteiger partial charge in [-0.3, -0.25) is 0 Å². The molecule has 0 aliphatic rings. The normalized spacial score (nSPS) is 9.21. The molecule has 28 heavy (non-hydrogen) atoms. The Morgan fingerprint density at radius 2 is 1.04 bits per heavy atom. The van der Waals surface area contributed by atoms with Crippen molar-refractivity contribution >= 4 is 12.6 Å². The zero-order valence-electron chi connectivity index (χ0n) is 16.0. The number of halogens is 2. The van der Waals surface area contributed by atoms with Crippen LogP contribution in [0.3, 0.4) is 0 Å². The van der Waals surface area contributed by atoms with E-state index in [4.69, 9.17) is 0 Å². The molecule has 0 nitrogen and oxygen atoms in total. The summed E-state index contributed by atoms with van der Waals surface area (Å²) in [5.74, 6) is 9.79. The van der Waals surface area contributed by atoms with E-state index in [-0.39, 0.29) is 11.1 Å². The van der Waals surface area contributed by atoms with Crippen molar-refractivity contribution in [3.8, 4) is 23.7 Å². The van der Waals surface area contributed by atoms with Crippen molar-refractivity contribution in [3.63, 3.8) is 0 Å². The fraction of sp³-hybridized carbons (Fsp3) is 0.120. The molecular weight excluding hydrogens is 370 g/mol. The van der Waals surface area contributed by atoms with Gasteiger partial charge in [-0.05, 0) is 55.5 Å². The van der Waals surface area contributed by atoms with Crippen molar-refractivity contribution in [2.24, 2.45) is 0 Å². The predicted molar refractivity (Wildman–Crippen MR) is 115 cm³/mol. The van der Waals surface area contributed by atoms with E-state index in [9.17, 15) is 8.78 Å². The smallest absolute Gasteiger partial charge is 0.140 e. The summed E-state index contributed by atoms with van der Waals surface area (Å²) in [5.41, 5.74) is 2.56. The zero-order chi connectivity index (χ0) is 20.5. The van der Waals surface area contributed by atoms with Crippen LogP contribution in [-0.2, 0) is 0 Å². The molecule has 3 aromatic carbocycles. The number of benzene rings is 3. The van der Waals surface area contributed by atoms with Gasteiger partial charge in [0.2, 0.25) is 0 Å². The van der Waals surface area contributed by atoms with Crippen molar-refractivity contribution in [2.75, 3.05) is 0 Å². The topological polar surface area (TPSA) is 0 Å². The molecule has 0 aromatic heterocycles. The molecule has 0 aliphatic heterocycles. The third-order valence-electron chi connectivity index (χ3n) is 3.66. The maximum absolute atomic E-state index is 14.2. The van der Waals surface area contributed by atoms with Crippen molar-refractivity contribution in [1.82, 2.24) is 0 Å². The molecule has 0 aliphatic carbocycles. The molecule has 3 aromatic rings. The Hall–Kier alpha value is -3.01. The molecule has 140 valence electrons. The third kappa shape index (κ3) is 6.02. The van der Waals surface area contributed by atoms with Crippen LogP contribution < -0.4 is 0 Å². The lowest BCUT2D eigenvalue weighted by molar-refractivity contribution is 0.594. The minimum Gasteiger partial charge on any atom is -0.206 e. The van der Waals surface area contributed by atoms with Crippen LogP contribution >= 0.6 is 12.6 Å². The summed E-state index contributed by atoms with van der Waals surface area (Å²) in [5, 5.41) is 0. The molecule has 0 amide bonds. The van der Waals surface area contributed by atoms with Gasteiger partial charge in [-0.15, -0.1) is 12.6 Å². The Labute approximate surface area is 171 Å². The molecule has 0 bridgehead atoms. The van der Waals surface area contributed by atoms with Crippen LogP contribution in [0, 0.1) is 42.2 Å². The third-order valence-corrected chi connectivity index (χ3v) is 3.96. The molecule has 0 radical (unpaired) electrons. The van der Waals surface area contributed by atoms with Crippen LogP contribution in [-0.4, -0.2) is 0 Å². The summed E-state index contributed by atoms with van der Waals surface area (Å²) in [7, 11) is 0. The van der Waals surface area contributed by atoms with Gasteiger partial charge in [-0.2, -0.15) is 0 Å². The van der Waals surface area contributed by atoms with Gasteiger partial charge in [0.25, 0.3) is 0 Å². The van der Waals surface area contributed by atoms with E-state index in [1.807, 2.05) is 45.0 Å². The van der Waals surface area contributed by atoms with Gasteiger partial charge in [0.05, 0.1) is 11.1 Å². The molecule has 0 heterocycles. The van der Waals surface area contributed by atoms with Crippen LogP contribution in [0.4, 0.5) is 8.78 Å². The SMILES string of the molecule is CC.Cc1ccc(C#Cc2cc(F)c(C#Cc3ccc(S)cc3)cc2F)cc1. The molecule has 3 heteroatoms. The highest BCUT2D eigenvalue weighted by Gasteiger charge is 2.07. The molecular formula is C25H20F2S. The molecule has 3 rings (SSSR count). The summed E-state index contributed by atoms with van der Waals surface area (Å²) < 4.78 is 28.5. The van der Waals surface area contributed by atoms with Gasteiger partial charge in [0, 0.05) is 16.0 Å². The van der Waals surface area contributed by atoms with Crippen LogP contribution in [0.5, 0.6) is 0 Å². The Kier molecular flexibility index (Phi) is 7.88. The van der Waals surface area contributed by atoms with E-state index in [0.29, 0.717) is 5.56 Å². The lowest BCUT2D eigenvalue weighted by atomic mass is 10.1. The van der Waals surface area contributed by atoms with Gasteiger partial charge >= 0.3 is 0 Å². The first-order chi connectivity index (χ1) is 13.5. The maximum atomic E-state index is 14.2. The van der Waals surface area contributed by atoms with E-state index in [0.717, 1.165) is 28.2 Å². The maximum Gasteiger partial charge on any atom is 0.140 e. The summed E-state index contributed by atoms with van der Waals surface area (Å²) >= 11 is 4.19. The Morgan fingerprint density at radius 1 is 0.643 bits per heavy atom. The number of hydrogen-bond acceptors (Lipinski definition) is 1. The summed E-state index contributed by atoms with van der Waals surface area (Å²) in [6, 6.07) is 16.8. The quantitative estimate of drug-likeness (QED) is 0.334. The molecule has 0 saturated carbocycles. The molecule has 0 spiro atoms. The second kappa shape index (κ2) is 10.4. The van der Waals surface area contributed by atoms with Gasteiger partial charge < -0.3 is 0 Å². The second-order valence-electron chi connectivity index (χ2n) is 5.72. The van der Waals surface area contributed by atoms with Crippen LogP contribution in [0.25, 0.3) is 0 Å². The predicted octanol–water partition coefficient (Wildman–Crippen LogP) is 6.39. The molecule has 0 atom stereocenters. The minimum absolute atomic E-state index is 0.00154. The Bertz CT molecular complexity index is 969. The largest absolute Gasteiger partial charge is 0.206 e. The highest BCUT2D eigenvalue weighted by Crippen LogP contribution is 2.14. The number of aryl methyl sites for hydroxylation is 1. The fourth-order valence-electron chi connectivity index (χ4n) is 2.20. The lowest BCUT2D eigenvalue weighted by Gasteiger charge is -1.99. The minimum atomic E-state index is -0.599. The highest BCUT2D eigenvalue weighted by atomic mass is 32.1. The average molecular weight is 390 g/mol. The van der Waals surface area contributed by atoms with Gasteiger partial charge in [0.1, 0.15) is 11.6 Å². The van der Waals surface area contributed by atoms with E-state index >= 15 is 0 Å². The molecule has 0 N–H and O–H groups in total.